The molecule has 0 bridgehead atoms. The minimum atomic E-state index is -0.361. The molecule has 3 rings (SSSR count). The van der Waals surface area contributed by atoms with Gasteiger partial charge in [-0.15, -0.1) is 0 Å². The quantitative estimate of drug-likeness (QED) is 0.813. The predicted molar refractivity (Wildman–Crippen MR) is 88.9 cm³/mol. The molecular weight excluding hydrogens is 339 g/mol. The Bertz CT molecular complexity index is 807. The number of carbonyl (C=O) groups is 1. The molecule has 1 amide bonds. The zero-order valence-corrected chi connectivity index (χ0v) is 14.0. The SMILES string of the molecule is N#Cc1nccnc1O[C@H]1CCCN(C(=O)COc2ccc(F)cc2)C1. The highest BCUT2D eigenvalue weighted by Gasteiger charge is 2.26. The van der Waals surface area contributed by atoms with E-state index < -0.39 is 0 Å². The van der Waals surface area contributed by atoms with E-state index in [0.717, 1.165) is 12.8 Å². The molecular formula is C18H17FN4O3. The van der Waals surface area contributed by atoms with Gasteiger partial charge in [-0.3, -0.25) is 4.79 Å². The second-order valence-electron chi connectivity index (χ2n) is 5.79. The van der Waals surface area contributed by atoms with E-state index in [-0.39, 0.29) is 36.0 Å². The number of ether oxygens (including phenoxy) is 2. The van der Waals surface area contributed by atoms with Crippen LogP contribution < -0.4 is 9.47 Å². The molecule has 0 spiro atoms. The lowest BCUT2D eigenvalue weighted by molar-refractivity contribution is -0.136. The standard InChI is InChI=1S/C18H17FN4O3/c19-13-3-5-14(6-4-13)25-12-17(24)23-9-1-2-15(11-23)26-18-16(10-20)21-7-8-22-18/h3-8,15H,1-2,9,11-12H2/t15-/m0/s1. The van der Waals surface area contributed by atoms with E-state index in [0.29, 0.717) is 18.8 Å². The van der Waals surface area contributed by atoms with Crippen LogP contribution >= 0.6 is 0 Å². The number of nitriles is 1. The number of piperidine rings is 1. The first-order valence-corrected chi connectivity index (χ1v) is 8.19. The van der Waals surface area contributed by atoms with E-state index >= 15 is 0 Å². The first-order chi connectivity index (χ1) is 12.7. The number of carbonyl (C=O) groups excluding carboxylic acids is 1. The molecule has 0 saturated carbocycles. The lowest BCUT2D eigenvalue weighted by Gasteiger charge is -2.32. The zero-order chi connectivity index (χ0) is 18.4. The van der Waals surface area contributed by atoms with Gasteiger partial charge >= 0.3 is 0 Å². The van der Waals surface area contributed by atoms with Crippen molar-refractivity contribution < 1.29 is 18.7 Å². The monoisotopic (exact) mass is 356 g/mol. The van der Waals surface area contributed by atoms with Crippen molar-refractivity contribution in [1.29, 1.82) is 5.26 Å². The average molecular weight is 356 g/mol. The van der Waals surface area contributed by atoms with Crippen molar-refractivity contribution in [2.24, 2.45) is 0 Å². The number of benzene rings is 1. The van der Waals surface area contributed by atoms with Crippen molar-refractivity contribution in [1.82, 2.24) is 14.9 Å². The number of nitrogens with zero attached hydrogens (tertiary/aromatic N) is 4. The number of hydrogen-bond acceptors (Lipinski definition) is 6. The fourth-order valence-corrected chi connectivity index (χ4v) is 2.67. The number of aromatic nitrogens is 2. The van der Waals surface area contributed by atoms with Crippen molar-refractivity contribution in [2.45, 2.75) is 18.9 Å². The molecule has 134 valence electrons. The minimum Gasteiger partial charge on any atom is -0.484 e. The Morgan fingerprint density at radius 1 is 1.31 bits per heavy atom. The summed E-state index contributed by atoms with van der Waals surface area (Å²) in [6.45, 7) is 0.858. The van der Waals surface area contributed by atoms with Crippen molar-refractivity contribution in [2.75, 3.05) is 19.7 Å². The first kappa shape index (κ1) is 17.6. The summed E-state index contributed by atoms with van der Waals surface area (Å²) in [5.74, 6) is 0.0716. The van der Waals surface area contributed by atoms with Crippen LogP contribution in [0.4, 0.5) is 4.39 Å². The van der Waals surface area contributed by atoms with Crippen LogP contribution in [0, 0.1) is 17.1 Å². The zero-order valence-electron chi connectivity index (χ0n) is 14.0. The summed E-state index contributed by atoms with van der Waals surface area (Å²) in [6.07, 6.45) is 4.15. The number of likely N-dealkylation sites (tertiary alicyclic amines) is 1. The molecule has 1 saturated heterocycles. The lowest BCUT2D eigenvalue weighted by Crippen LogP contribution is -2.46. The molecule has 0 N–H and O–H groups in total. The Morgan fingerprint density at radius 3 is 2.85 bits per heavy atom. The molecule has 1 aromatic heterocycles. The van der Waals surface area contributed by atoms with E-state index in [1.54, 1.807) is 4.90 Å². The summed E-state index contributed by atoms with van der Waals surface area (Å²) in [5.41, 5.74) is 0.121. The molecule has 2 aromatic rings. The summed E-state index contributed by atoms with van der Waals surface area (Å²) >= 11 is 0. The van der Waals surface area contributed by atoms with E-state index in [4.69, 9.17) is 14.7 Å². The number of hydrogen-bond donors (Lipinski definition) is 0. The summed E-state index contributed by atoms with van der Waals surface area (Å²) in [6, 6.07) is 7.44. The molecule has 1 aromatic carbocycles. The van der Waals surface area contributed by atoms with Crippen LogP contribution in [0.3, 0.4) is 0 Å². The highest BCUT2D eigenvalue weighted by molar-refractivity contribution is 5.77. The van der Waals surface area contributed by atoms with Gasteiger partial charge in [-0.05, 0) is 37.1 Å². The van der Waals surface area contributed by atoms with E-state index in [2.05, 4.69) is 9.97 Å². The number of amides is 1. The first-order valence-electron chi connectivity index (χ1n) is 8.19. The Kier molecular flexibility index (Phi) is 5.59. The second-order valence-corrected chi connectivity index (χ2v) is 5.79. The Morgan fingerprint density at radius 2 is 2.08 bits per heavy atom. The molecule has 0 unspecified atom stereocenters. The van der Waals surface area contributed by atoms with Crippen molar-refractivity contribution in [3.05, 3.63) is 48.2 Å². The summed E-state index contributed by atoms with van der Waals surface area (Å²) in [4.78, 5) is 21.9. The van der Waals surface area contributed by atoms with E-state index in [1.165, 1.54) is 36.7 Å². The molecule has 0 aliphatic carbocycles. The van der Waals surface area contributed by atoms with Crippen LogP contribution in [0.2, 0.25) is 0 Å². The smallest absolute Gasteiger partial charge is 0.260 e. The molecule has 26 heavy (non-hydrogen) atoms. The molecule has 1 aliphatic rings. The summed E-state index contributed by atoms with van der Waals surface area (Å²) in [7, 11) is 0. The topological polar surface area (TPSA) is 88.3 Å². The van der Waals surface area contributed by atoms with Crippen LogP contribution in [-0.2, 0) is 4.79 Å². The molecule has 8 heteroatoms. The second kappa shape index (κ2) is 8.25. The fraction of sp³-hybridized carbons (Fsp3) is 0.333. The maximum Gasteiger partial charge on any atom is 0.260 e. The number of halogens is 1. The van der Waals surface area contributed by atoms with Crippen LogP contribution in [0.15, 0.2) is 36.7 Å². The molecule has 1 aliphatic heterocycles. The normalized spacial score (nSPS) is 16.6. The number of rotatable bonds is 5. The lowest BCUT2D eigenvalue weighted by atomic mass is 10.1. The molecule has 0 radical (unpaired) electrons. The third-order valence-electron chi connectivity index (χ3n) is 3.96. The fourth-order valence-electron chi connectivity index (χ4n) is 2.67. The average Bonchev–Trinajstić information content (AvgIpc) is 2.68. The molecule has 7 nitrogen and oxygen atoms in total. The van der Waals surface area contributed by atoms with Gasteiger partial charge < -0.3 is 14.4 Å². The van der Waals surface area contributed by atoms with Crippen LogP contribution in [-0.4, -0.2) is 46.6 Å². The van der Waals surface area contributed by atoms with E-state index in [1.807, 2.05) is 6.07 Å². The van der Waals surface area contributed by atoms with Crippen molar-refractivity contribution in [3.8, 4) is 17.7 Å². The van der Waals surface area contributed by atoms with Gasteiger partial charge in [0.1, 0.15) is 23.7 Å². The van der Waals surface area contributed by atoms with Gasteiger partial charge in [0.05, 0.1) is 6.54 Å². The van der Waals surface area contributed by atoms with Crippen LogP contribution in [0.25, 0.3) is 0 Å². The van der Waals surface area contributed by atoms with Gasteiger partial charge in [-0.1, -0.05) is 0 Å². The van der Waals surface area contributed by atoms with Gasteiger partial charge in [0.25, 0.3) is 11.8 Å². The summed E-state index contributed by atoms with van der Waals surface area (Å²) in [5, 5.41) is 9.05. The van der Waals surface area contributed by atoms with Crippen LogP contribution in [0.5, 0.6) is 11.6 Å². The van der Waals surface area contributed by atoms with Gasteiger partial charge in [-0.25, -0.2) is 14.4 Å². The predicted octanol–water partition coefficient (Wildman–Crippen LogP) is 1.94. The maximum absolute atomic E-state index is 12.9. The van der Waals surface area contributed by atoms with Gasteiger partial charge in [0.2, 0.25) is 5.69 Å². The van der Waals surface area contributed by atoms with Crippen LogP contribution in [0.1, 0.15) is 18.5 Å². The van der Waals surface area contributed by atoms with Gasteiger partial charge in [0, 0.05) is 18.9 Å². The highest BCUT2D eigenvalue weighted by atomic mass is 19.1. The third-order valence-corrected chi connectivity index (χ3v) is 3.96. The molecule has 1 fully saturated rings. The highest BCUT2D eigenvalue weighted by Crippen LogP contribution is 2.19. The minimum absolute atomic E-state index is 0.121. The Balaban J connectivity index is 1.55. The molecule has 1 atom stereocenters. The maximum atomic E-state index is 12.9. The Hall–Kier alpha value is -3.21. The van der Waals surface area contributed by atoms with E-state index in [9.17, 15) is 9.18 Å². The van der Waals surface area contributed by atoms with Crippen molar-refractivity contribution in [3.63, 3.8) is 0 Å². The third kappa shape index (κ3) is 4.45. The van der Waals surface area contributed by atoms with Gasteiger partial charge in [-0.2, -0.15) is 5.26 Å². The Labute approximate surface area is 150 Å². The van der Waals surface area contributed by atoms with Gasteiger partial charge in [0.15, 0.2) is 6.61 Å². The van der Waals surface area contributed by atoms with Crippen molar-refractivity contribution >= 4 is 5.91 Å². The summed E-state index contributed by atoms with van der Waals surface area (Å²) < 4.78 is 24.0. The molecule has 2 heterocycles. The largest absolute Gasteiger partial charge is 0.484 e.